The molecule has 0 bridgehead atoms. The van der Waals surface area contributed by atoms with Gasteiger partial charge in [-0.2, -0.15) is 0 Å². The van der Waals surface area contributed by atoms with E-state index in [0.29, 0.717) is 16.7 Å². The van der Waals surface area contributed by atoms with Gasteiger partial charge in [0.05, 0.1) is 4.90 Å². The van der Waals surface area contributed by atoms with Gasteiger partial charge in [-0.1, -0.05) is 50.6 Å². The summed E-state index contributed by atoms with van der Waals surface area (Å²) in [6.45, 7) is 8.69. The van der Waals surface area contributed by atoms with Crippen LogP contribution in [0.5, 0.6) is 0 Å². The van der Waals surface area contributed by atoms with Crippen LogP contribution >= 0.6 is 0 Å². The van der Waals surface area contributed by atoms with Gasteiger partial charge in [-0.3, -0.25) is 0 Å². The average Bonchev–Trinajstić information content (AvgIpc) is 3.07. The molecule has 1 saturated heterocycles. The van der Waals surface area contributed by atoms with Crippen molar-refractivity contribution in [3.63, 3.8) is 0 Å². The summed E-state index contributed by atoms with van der Waals surface area (Å²) in [5.41, 5.74) is 5.30. The molecule has 1 fully saturated rings. The third-order valence-corrected chi connectivity index (χ3v) is 7.85. The molecule has 0 spiro atoms. The molecule has 156 valence electrons. The van der Waals surface area contributed by atoms with Gasteiger partial charge in [0.2, 0.25) is 10.0 Å². The monoisotopic (exact) mass is 412 g/mol. The summed E-state index contributed by atoms with van der Waals surface area (Å²) in [7, 11) is -3.53. The van der Waals surface area contributed by atoms with Crippen molar-refractivity contribution in [2.24, 2.45) is 5.92 Å². The summed E-state index contributed by atoms with van der Waals surface area (Å²) in [6.07, 6.45) is 10.8. The van der Waals surface area contributed by atoms with Gasteiger partial charge in [0.25, 0.3) is 0 Å². The molecule has 0 saturated carbocycles. The van der Waals surface area contributed by atoms with Crippen LogP contribution in [0.15, 0.2) is 64.2 Å². The molecule has 0 aromatic heterocycles. The van der Waals surface area contributed by atoms with E-state index in [1.807, 2.05) is 18.2 Å². The van der Waals surface area contributed by atoms with Gasteiger partial charge < -0.3 is 4.90 Å². The molecule has 0 amide bonds. The third-order valence-electron chi connectivity index (χ3n) is 6.34. The van der Waals surface area contributed by atoms with Crippen LogP contribution in [0.3, 0.4) is 0 Å². The molecular weight excluding hydrogens is 380 g/mol. The highest BCUT2D eigenvalue weighted by Crippen LogP contribution is 2.44. The lowest BCUT2D eigenvalue weighted by Crippen LogP contribution is -2.37. The molecule has 5 heteroatoms. The predicted molar refractivity (Wildman–Crippen MR) is 118 cm³/mol. The largest absolute Gasteiger partial charge is 0.374 e. The fourth-order valence-corrected chi connectivity index (χ4v) is 6.00. The molecule has 3 aliphatic rings. The normalized spacial score (nSPS) is 24.0. The topological polar surface area (TPSA) is 49.4 Å². The Morgan fingerprint density at radius 3 is 2.66 bits per heavy atom. The molecule has 1 aliphatic heterocycles. The number of likely N-dealkylation sites (tertiary alicyclic amines) is 1. The van der Waals surface area contributed by atoms with Crippen molar-refractivity contribution < 1.29 is 8.42 Å². The van der Waals surface area contributed by atoms with Crippen LogP contribution in [0, 0.1) is 5.92 Å². The van der Waals surface area contributed by atoms with Gasteiger partial charge in [0.1, 0.15) is 0 Å². The van der Waals surface area contributed by atoms with Crippen LogP contribution in [0.1, 0.15) is 57.9 Å². The molecule has 29 heavy (non-hydrogen) atoms. The van der Waals surface area contributed by atoms with E-state index < -0.39 is 10.0 Å². The van der Waals surface area contributed by atoms with E-state index in [1.165, 1.54) is 29.7 Å². The number of benzene rings is 1. The van der Waals surface area contributed by atoms with Crippen LogP contribution in [-0.2, 0) is 10.0 Å². The number of nitrogens with one attached hydrogen (secondary N) is 1. The van der Waals surface area contributed by atoms with Crippen molar-refractivity contribution in [2.75, 3.05) is 13.1 Å². The number of hydrogen-bond donors (Lipinski definition) is 1. The fraction of sp³-hybridized carbons (Fsp3) is 0.500. The summed E-state index contributed by atoms with van der Waals surface area (Å²) in [5.74, 6) is 0.853. The van der Waals surface area contributed by atoms with Gasteiger partial charge in [-0.15, -0.1) is 0 Å². The number of allylic oxidation sites excluding steroid dienone is 4. The molecule has 0 radical (unpaired) electrons. The fourth-order valence-electron chi connectivity index (χ4n) is 4.81. The highest BCUT2D eigenvalue weighted by atomic mass is 32.2. The highest BCUT2D eigenvalue weighted by Gasteiger charge is 2.35. The Bertz CT molecular complexity index is 953. The van der Waals surface area contributed by atoms with Gasteiger partial charge in [-0.25, -0.2) is 13.1 Å². The number of rotatable bonds is 6. The molecule has 2 atom stereocenters. The van der Waals surface area contributed by atoms with Crippen LogP contribution in [0.4, 0.5) is 0 Å². The van der Waals surface area contributed by atoms with Crippen molar-refractivity contribution in [2.45, 2.75) is 63.3 Å². The minimum absolute atomic E-state index is 0.183. The lowest BCUT2D eigenvalue weighted by atomic mass is 9.84. The molecular formula is C24H32N2O2S. The minimum Gasteiger partial charge on any atom is -0.374 e. The second kappa shape index (κ2) is 8.11. The number of piperidine rings is 1. The zero-order valence-electron chi connectivity index (χ0n) is 17.7. The van der Waals surface area contributed by atoms with E-state index in [4.69, 9.17) is 0 Å². The summed E-state index contributed by atoms with van der Waals surface area (Å²) in [4.78, 5) is 2.86. The molecule has 2 aliphatic carbocycles. The maximum Gasteiger partial charge on any atom is 0.241 e. The smallest absolute Gasteiger partial charge is 0.241 e. The first-order valence-electron chi connectivity index (χ1n) is 10.9. The van der Waals surface area contributed by atoms with Crippen molar-refractivity contribution in [3.8, 4) is 0 Å². The van der Waals surface area contributed by atoms with E-state index in [0.717, 1.165) is 31.5 Å². The van der Waals surface area contributed by atoms with Gasteiger partial charge in [0.15, 0.2) is 0 Å². The average molecular weight is 413 g/mol. The second-order valence-corrected chi connectivity index (χ2v) is 10.5. The first kappa shape index (κ1) is 20.4. The molecule has 1 heterocycles. The van der Waals surface area contributed by atoms with Crippen LogP contribution < -0.4 is 4.72 Å². The third kappa shape index (κ3) is 4.08. The maximum atomic E-state index is 12.9. The zero-order chi connectivity index (χ0) is 20.6. The maximum absolute atomic E-state index is 12.9. The van der Waals surface area contributed by atoms with E-state index in [-0.39, 0.29) is 6.04 Å². The predicted octanol–water partition coefficient (Wildman–Crippen LogP) is 4.73. The summed E-state index contributed by atoms with van der Waals surface area (Å²) >= 11 is 0. The van der Waals surface area contributed by atoms with Crippen molar-refractivity contribution in [1.82, 2.24) is 9.62 Å². The lowest BCUT2D eigenvalue weighted by molar-refractivity contribution is 0.258. The van der Waals surface area contributed by atoms with E-state index in [9.17, 15) is 8.42 Å². The number of nitrogens with zero attached hydrogens (tertiary/aromatic N) is 1. The number of sulfonamides is 1. The SMILES string of the molecule is CCCN1CCC[C@H]2C1=CC1=C2CC(NS(=O)(=O)c2ccc(C(C)C)cc2)C=C1. The molecule has 1 aromatic rings. The zero-order valence-corrected chi connectivity index (χ0v) is 18.5. The Kier molecular flexibility index (Phi) is 5.71. The van der Waals surface area contributed by atoms with Crippen molar-refractivity contribution in [1.29, 1.82) is 0 Å². The molecule has 1 unspecified atom stereocenters. The minimum atomic E-state index is -3.53. The Balaban J connectivity index is 1.46. The molecule has 1 N–H and O–H groups in total. The summed E-state index contributed by atoms with van der Waals surface area (Å²) in [6, 6.07) is 7.07. The molecule has 4 nitrogen and oxygen atoms in total. The Morgan fingerprint density at radius 2 is 1.97 bits per heavy atom. The van der Waals surface area contributed by atoms with Crippen molar-refractivity contribution >= 4 is 10.0 Å². The Labute approximate surface area is 175 Å². The van der Waals surface area contributed by atoms with E-state index >= 15 is 0 Å². The van der Waals surface area contributed by atoms with Gasteiger partial charge >= 0.3 is 0 Å². The van der Waals surface area contributed by atoms with Crippen LogP contribution in [0.2, 0.25) is 0 Å². The molecule has 1 aromatic carbocycles. The lowest BCUT2D eigenvalue weighted by Gasteiger charge is -2.36. The Hall–Kier alpha value is -1.85. The van der Waals surface area contributed by atoms with Crippen LogP contribution in [0.25, 0.3) is 0 Å². The summed E-state index contributed by atoms with van der Waals surface area (Å²) in [5, 5.41) is 0. The Morgan fingerprint density at radius 1 is 1.21 bits per heavy atom. The first-order valence-corrected chi connectivity index (χ1v) is 12.4. The van der Waals surface area contributed by atoms with Gasteiger partial charge in [0, 0.05) is 30.7 Å². The number of hydrogen-bond acceptors (Lipinski definition) is 3. The van der Waals surface area contributed by atoms with Gasteiger partial charge in [-0.05, 0) is 60.9 Å². The van der Waals surface area contributed by atoms with E-state index in [2.05, 4.69) is 42.5 Å². The highest BCUT2D eigenvalue weighted by molar-refractivity contribution is 7.89. The first-order chi connectivity index (χ1) is 13.9. The molecule has 4 rings (SSSR count). The van der Waals surface area contributed by atoms with E-state index in [1.54, 1.807) is 12.1 Å². The van der Waals surface area contributed by atoms with Crippen LogP contribution in [-0.4, -0.2) is 32.4 Å². The standard InChI is InChI=1S/C24H32N2O2S/c1-4-13-26-14-5-6-22-23-16-20(10-7-19(23)15-24(22)26)25-29(27,28)21-11-8-18(9-12-21)17(2)3/h7-12,15,17,20,22,25H,4-6,13-14,16H2,1-3H3/t20?,22-/m1/s1. The second-order valence-electron chi connectivity index (χ2n) is 8.75. The number of fused-ring (bicyclic) bond motifs is 2. The van der Waals surface area contributed by atoms with Crippen molar-refractivity contribution in [3.05, 3.63) is 64.9 Å². The summed E-state index contributed by atoms with van der Waals surface area (Å²) < 4.78 is 28.7. The quantitative estimate of drug-likeness (QED) is 0.735.